The van der Waals surface area contributed by atoms with Crippen LogP contribution in [-0.4, -0.2) is 23.5 Å². The van der Waals surface area contributed by atoms with Crippen molar-refractivity contribution in [2.45, 2.75) is 51.2 Å². The molecule has 2 bridgehead atoms. The minimum absolute atomic E-state index is 0.0678. The SMILES string of the molecule is CC(NC(=O)C1(C)Oc2ccccc2NC1=O)C1CC2CCC1C2. The molecule has 0 aromatic heterocycles. The number of anilines is 1. The molecule has 4 rings (SSSR count). The number of fused-ring (bicyclic) bond motifs is 3. The number of hydrogen-bond donors (Lipinski definition) is 2. The number of ether oxygens (including phenoxy) is 1. The molecule has 2 saturated carbocycles. The molecule has 1 aliphatic heterocycles. The Morgan fingerprint density at radius 1 is 1.33 bits per heavy atom. The molecule has 2 N–H and O–H groups in total. The van der Waals surface area contributed by atoms with Crippen LogP contribution in [0.4, 0.5) is 5.69 Å². The van der Waals surface area contributed by atoms with Crippen LogP contribution in [0.2, 0.25) is 0 Å². The van der Waals surface area contributed by atoms with E-state index < -0.39 is 11.5 Å². The first kappa shape index (κ1) is 15.5. The molecule has 2 amide bonds. The van der Waals surface area contributed by atoms with Gasteiger partial charge in [0.05, 0.1) is 5.69 Å². The Morgan fingerprint density at radius 2 is 2.12 bits per heavy atom. The van der Waals surface area contributed by atoms with Crippen molar-refractivity contribution < 1.29 is 14.3 Å². The van der Waals surface area contributed by atoms with Crippen LogP contribution in [0, 0.1) is 17.8 Å². The first-order valence-electron chi connectivity index (χ1n) is 8.88. The Labute approximate surface area is 142 Å². The summed E-state index contributed by atoms with van der Waals surface area (Å²) in [6.45, 7) is 3.60. The fourth-order valence-electron chi connectivity index (χ4n) is 4.67. The molecule has 5 atom stereocenters. The van der Waals surface area contributed by atoms with Gasteiger partial charge in [0, 0.05) is 6.04 Å². The predicted octanol–water partition coefficient (Wildman–Crippen LogP) is 2.72. The van der Waals surface area contributed by atoms with Crippen molar-refractivity contribution in [1.82, 2.24) is 5.32 Å². The van der Waals surface area contributed by atoms with Gasteiger partial charge in [-0.3, -0.25) is 9.59 Å². The standard InChI is InChI=1S/C19H24N2O3/c1-11(14-10-12-7-8-13(14)9-12)20-17(22)19(2)18(23)21-15-5-3-4-6-16(15)24-19/h3-6,11-14H,7-10H2,1-2H3,(H,20,22)(H,21,23). The van der Waals surface area contributed by atoms with Gasteiger partial charge in [-0.2, -0.15) is 0 Å². The molecule has 24 heavy (non-hydrogen) atoms. The van der Waals surface area contributed by atoms with Gasteiger partial charge in [-0.15, -0.1) is 0 Å². The maximum Gasteiger partial charge on any atom is 0.278 e. The normalized spacial score (nSPS) is 34.9. The van der Waals surface area contributed by atoms with Gasteiger partial charge in [-0.05, 0) is 63.0 Å². The van der Waals surface area contributed by atoms with Gasteiger partial charge in [0.15, 0.2) is 0 Å². The Morgan fingerprint density at radius 3 is 2.83 bits per heavy atom. The second-order valence-electron chi connectivity index (χ2n) is 7.69. The summed E-state index contributed by atoms with van der Waals surface area (Å²) in [5.74, 6) is 1.83. The molecule has 5 heteroatoms. The van der Waals surface area contributed by atoms with Crippen LogP contribution < -0.4 is 15.4 Å². The van der Waals surface area contributed by atoms with Crippen molar-refractivity contribution >= 4 is 17.5 Å². The Bertz CT molecular complexity index is 689. The summed E-state index contributed by atoms with van der Waals surface area (Å²) < 4.78 is 5.79. The van der Waals surface area contributed by atoms with E-state index in [2.05, 4.69) is 17.6 Å². The highest BCUT2D eigenvalue weighted by atomic mass is 16.5. The summed E-state index contributed by atoms with van der Waals surface area (Å²) in [7, 11) is 0. The van der Waals surface area contributed by atoms with Crippen molar-refractivity contribution in [2.75, 3.05) is 5.32 Å². The number of benzene rings is 1. The highest BCUT2D eigenvalue weighted by Crippen LogP contribution is 2.49. The maximum atomic E-state index is 12.8. The third-order valence-electron chi connectivity index (χ3n) is 6.11. The van der Waals surface area contributed by atoms with Crippen molar-refractivity contribution in [1.29, 1.82) is 0 Å². The molecule has 1 aromatic rings. The summed E-state index contributed by atoms with van der Waals surface area (Å²) in [4.78, 5) is 25.3. The molecule has 1 aromatic carbocycles. The Balaban J connectivity index is 1.48. The zero-order chi connectivity index (χ0) is 16.9. The molecule has 2 aliphatic carbocycles. The third-order valence-corrected chi connectivity index (χ3v) is 6.11. The molecule has 0 radical (unpaired) electrons. The molecule has 5 unspecified atom stereocenters. The lowest BCUT2D eigenvalue weighted by molar-refractivity contribution is -0.147. The van der Waals surface area contributed by atoms with Gasteiger partial charge in [-0.1, -0.05) is 18.6 Å². The zero-order valence-corrected chi connectivity index (χ0v) is 14.2. The van der Waals surface area contributed by atoms with E-state index >= 15 is 0 Å². The van der Waals surface area contributed by atoms with E-state index in [4.69, 9.17) is 4.74 Å². The highest BCUT2D eigenvalue weighted by Gasteiger charge is 2.49. The lowest BCUT2D eigenvalue weighted by atomic mass is 9.83. The van der Waals surface area contributed by atoms with Crippen LogP contribution in [0.25, 0.3) is 0 Å². The number of para-hydroxylation sites is 2. The van der Waals surface area contributed by atoms with Crippen LogP contribution in [0.3, 0.4) is 0 Å². The fourth-order valence-corrected chi connectivity index (χ4v) is 4.67. The predicted molar refractivity (Wildman–Crippen MR) is 90.6 cm³/mol. The molecular formula is C19H24N2O3. The van der Waals surface area contributed by atoms with Crippen LogP contribution in [0.15, 0.2) is 24.3 Å². The van der Waals surface area contributed by atoms with Gasteiger partial charge in [0.2, 0.25) is 0 Å². The smallest absolute Gasteiger partial charge is 0.278 e. The lowest BCUT2D eigenvalue weighted by Gasteiger charge is -2.35. The van der Waals surface area contributed by atoms with E-state index in [0.29, 0.717) is 17.4 Å². The largest absolute Gasteiger partial charge is 0.466 e. The average molecular weight is 328 g/mol. The van der Waals surface area contributed by atoms with Crippen LogP contribution in [0.5, 0.6) is 5.75 Å². The van der Waals surface area contributed by atoms with E-state index in [-0.39, 0.29) is 11.9 Å². The molecule has 1 heterocycles. The summed E-state index contributed by atoms with van der Waals surface area (Å²) in [5, 5.41) is 5.83. The molecule has 0 spiro atoms. The fraction of sp³-hybridized carbons (Fsp3) is 0.579. The van der Waals surface area contributed by atoms with E-state index in [9.17, 15) is 9.59 Å². The van der Waals surface area contributed by atoms with Crippen LogP contribution >= 0.6 is 0 Å². The Kier molecular flexibility index (Phi) is 3.55. The van der Waals surface area contributed by atoms with Crippen molar-refractivity contribution in [3.63, 3.8) is 0 Å². The Hall–Kier alpha value is -2.04. The molecule has 5 nitrogen and oxygen atoms in total. The first-order valence-corrected chi connectivity index (χ1v) is 8.88. The third kappa shape index (κ3) is 2.38. The quantitative estimate of drug-likeness (QED) is 0.838. The van der Waals surface area contributed by atoms with E-state index in [1.54, 1.807) is 19.1 Å². The van der Waals surface area contributed by atoms with Crippen molar-refractivity contribution in [3.05, 3.63) is 24.3 Å². The van der Waals surface area contributed by atoms with Gasteiger partial charge >= 0.3 is 0 Å². The average Bonchev–Trinajstić information content (AvgIpc) is 3.19. The monoisotopic (exact) mass is 328 g/mol. The molecule has 128 valence electrons. The van der Waals surface area contributed by atoms with Gasteiger partial charge < -0.3 is 15.4 Å². The number of carbonyl (C=O) groups excluding carboxylic acids is 2. The van der Waals surface area contributed by atoms with Crippen LogP contribution in [0.1, 0.15) is 39.5 Å². The minimum Gasteiger partial charge on any atom is -0.466 e. The number of amides is 2. The zero-order valence-electron chi connectivity index (χ0n) is 14.2. The summed E-state index contributed by atoms with van der Waals surface area (Å²) >= 11 is 0. The van der Waals surface area contributed by atoms with Gasteiger partial charge in [0.25, 0.3) is 17.4 Å². The number of carbonyl (C=O) groups is 2. The summed E-state index contributed by atoms with van der Waals surface area (Å²) in [6, 6.07) is 7.25. The van der Waals surface area contributed by atoms with Crippen molar-refractivity contribution in [3.8, 4) is 5.75 Å². The molecule has 0 saturated heterocycles. The molecular weight excluding hydrogens is 304 g/mol. The highest BCUT2D eigenvalue weighted by molar-refractivity contribution is 6.15. The minimum atomic E-state index is -1.53. The topological polar surface area (TPSA) is 67.4 Å². The first-order chi connectivity index (χ1) is 11.5. The van der Waals surface area contributed by atoms with E-state index in [1.165, 1.54) is 25.7 Å². The van der Waals surface area contributed by atoms with E-state index in [0.717, 1.165) is 11.8 Å². The summed E-state index contributed by atoms with van der Waals surface area (Å²) in [5.41, 5.74) is -0.922. The second kappa shape index (κ2) is 5.50. The van der Waals surface area contributed by atoms with Gasteiger partial charge in [0.1, 0.15) is 5.75 Å². The number of hydrogen-bond acceptors (Lipinski definition) is 3. The molecule has 2 fully saturated rings. The lowest BCUT2D eigenvalue weighted by Crippen LogP contribution is -2.60. The van der Waals surface area contributed by atoms with Crippen molar-refractivity contribution in [2.24, 2.45) is 17.8 Å². The number of nitrogens with one attached hydrogen (secondary N) is 2. The number of rotatable bonds is 3. The maximum absolute atomic E-state index is 12.8. The second-order valence-corrected chi connectivity index (χ2v) is 7.69. The molecule has 3 aliphatic rings. The summed E-state index contributed by atoms with van der Waals surface area (Å²) in [6.07, 6.45) is 5.10. The van der Waals surface area contributed by atoms with Crippen LogP contribution in [-0.2, 0) is 9.59 Å². The van der Waals surface area contributed by atoms with Gasteiger partial charge in [-0.25, -0.2) is 0 Å². The van der Waals surface area contributed by atoms with E-state index in [1.807, 2.05) is 12.1 Å².